The van der Waals surface area contributed by atoms with E-state index in [0.717, 1.165) is 22.4 Å². The molecular weight excluding hydrogens is 374 g/mol. The van der Waals surface area contributed by atoms with Crippen LogP contribution in [0.1, 0.15) is 27.0 Å². The van der Waals surface area contributed by atoms with Crippen LogP contribution in [-0.2, 0) is 16.6 Å². The molecule has 1 N–H and O–H groups in total. The lowest BCUT2D eigenvalue weighted by atomic mass is 10.1. The van der Waals surface area contributed by atoms with Crippen LogP contribution in [0.15, 0.2) is 42.5 Å². The minimum absolute atomic E-state index is 0.131. The van der Waals surface area contributed by atoms with Crippen molar-refractivity contribution in [2.24, 2.45) is 0 Å². The van der Waals surface area contributed by atoms with Gasteiger partial charge in [-0.15, -0.1) is 0 Å². The summed E-state index contributed by atoms with van der Waals surface area (Å²) in [7, 11) is -3.12. The molecule has 7 heteroatoms. The molecule has 150 valence electrons. The average Bonchev–Trinajstić information content (AvgIpc) is 2.61. The fourth-order valence-electron chi connectivity index (χ4n) is 3.54. The highest BCUT2D eigenvalue weighted by molar-refractivity contribution is 7.88. The largest absolute Gasteiger partial charge is 0.322 e. The number of hydrogen-bond donors (Lipinski definition) is 1. The molecule has 6 nitrogen and oxygen atoms in total. The molecule has 2 aromatic rings. The Kier molecular flexibility index (Phi) is 6.17. The number of amides is 1. The minimum atomic E-state index is -3.12. The Hall–Kier alpha value is -2.22. The molecule has 1 amide bonds. The van der Waals surface area contributed by atoms with Crippen LogP contribution in [0.4, 0.5) is 5.69 Å². The van der Waals surface area contributed by atoms with Crippen LogP contribution in [-0.4, -0.2) is 56.0 Å². The third-order valence-electron chi connectivity index (χ3n) is 4.88. The molecule has 1 aliphatic rings. The molecule has 1 fully saturated rings. The van der Waals surface area contributed by atoms with E-state index in [1.54, 1.807) is 0 Å². The second kappa shape index (κ2) is 8.43. The first-order valence-electron chi connectivity index (χ1n) is 9.37. The maximum Gasteiger partial charge on any atom is 0.255 e. The van der Waals surface area contributed by atoms with Gasteiger partial charge < -0.3 is 5.32 Å². The van der Waals surface area contributed by atoms with E-state index in [-0.39, 0.29) is 5.91 Å². The number of piperazine rings is 1. The zero-order chi connectivity index (χ0) is 20.3. The smallest absolute Gasteiger partial charge is 0.255 e. The van der Waals surface area contributed by atoms with Gasteiger partial charge in [0.25, 0.3) is 5.91 Å². The summed E-state index contributed by atoms with van der Waals surface area (Å²) >= 11 is 0. The van der Waals surface area contributed by atoms with Crippen LogP contribution in [0, 0.1) is 13.8 Å². The summed E-state index contributed by atoms with van der Waals surface area (Å²) in [6.07, 6.45) is 1.25. The number of aryl methyl sites for hydroxylation is 2. The first-order chi connectivity index (χ1) is 13.2. The lowest BCUT2D eigenvalue weighted by Gasteiger charge is -2.33. The fraction of sp³-hybridized carbons (Fsp3) is 0.381. The molecule has 1 aliphatic heterocycles. The van der Waals surface area contributed by atoms with Crippen LogP contribution in [0.2, 0.25) is 0 Å². The van der Waals surface area contributed by atoms with Crippen LogP contribution < -0.4 is 5.32 Å². The molecule has 0 bridgehead atoms. The van der Waals surface area contributed by atoms with E-state index in [0.29, 0.717) is 38.3 Å². The van der Waals surface area contributed by atoms with Crippen molar-refractivity contribution in [3.8, 4) is 0 Å². The summed E-state index contributed by atoms with van der Waals surface area (Å²) < 4.78 is 24.8. The summed E-state index contributed by atoms with van der Waals surface area (Å²) in [4.78, 5) is 14.8. The quantitative estimate of drug-likeness (QED) is 0.836. The van der Waals surface area contributed by atoms with E-state index in [1.165, 1.54) is 10.6 Å². The number of sulfonamides is 1. The van der Waals surface area contributed by atoms with Crippen molar-refractivity contribution < 1.29 is 13.2 Å². The number of anilines is 1. The van der Waals surface area contributed by atoms with Crippen molar-refractivity contribution in [3.63, 3.8) is 0 Å². The highest BCUT2D eigenvalue weighted by atomic mass is 32.2. The Morgan fingerprint density at radius 1 is 1.00 bits per heavy atom. The Bertz CT molecular complexity index is 944. The third-order valence-corrected chi connectivity index (χ3v) is 6.18. The highest BCUT2D eigenvalue weighted by Gasteiger charge is 2.23. The van der Waals surface area contributed by atoms with Gasteiger partial charge in [0.2, 0.25) is 10.0 Å². The number of benzene rings is 2. The molecular formula is C21H27N3O3S. The summed E-state index contributed by atoms with van der Waals surface area (Å²) in [5.41, 5.74) is 4.67. The number of hydrogen-bond acceptors (Lipinski definition) is 4. The number of nitrogens with one attached hydrogen (secondary N) is 1. The Morgan fingerprint density at radius 3 is 2.25 bits per heavy atom. The van der Waals surface area contributed by atoms with E-state index < -0.39 is 10.0 Å². The summed E-state index contributed by atoms with van der Waals surface area (Å²) in [5.74, 6) is -0.131. The van der Waals surface area contributed by atoms with Gasteiger partial charge in [0, 0.05) is 44.0 Å². The second-order valence-corrected chi connectivity index (χ2v) is 9.45. The van der Waals surface area contributed by atoms with Crippen molar-refractivity contribution in [2.45, 2.75) is 20.4 Å². The zero-order valence-corrected chi connectivity index (χ0v) is 17.4. The van der Waals surface area contributed by atoms with Gasteiger partial charge in [0.1, 0.15) is 0 Å². The van der Waals surface area contributed by atoms with Crippen molar-refractivity contribution in [1.29, 1.82) is 0 Å². The number of carbonyl (C=O) groups is 1. The topological polar surface area (TPSA) is 69.7 Å². The van der Waals surface area contributed by atoms with E-state index >= 15 is 0 Å². The van der Waals surface area contributed by atoms with Gasteiger partial charge in [-0.1, -0.05) is 18.2 Å². The molecule has 1 saturated heterocycles. The summed E-state index contributed by atoms with van der Waals surface area (Å²) in [6, 6.07) is 13.6. The molecule has 2 aromatic carbocycles. The maximum atomic E-state index is 12.6. The molecule has 0 radical (unpaired) electrons. The molecule has 0 spiro atoms. The van der Waals surface area contributed by atoms with Gasteiger partial charge in [0.15, 0.2) is 0 Å². The minimum Gasteiger partial charge on any atom is -0.322 e. The predicted octanol–water partition coefficient (Wildman–Crippen LogP) is 2.63. The van der Waals surface area contributed by atoms with Crippen molar-refractivity contribution in [1.82, 2.24) is 9.21 Å². The average molecular weight is 402 g/mol. The lowest BCUT2D eigenvalue weighted by molar-refractivity contribution is 0.102. The monoisotopic (exact) mass is 401 g/mol. The van der Waals surface area contributed by atoms with Crippen LogP contribution in [0.5, 0.6) is 0 Å². The lowest BCUT2D eigenvalue weighted by Crippen LogP contribution is -2.47. The summed E-state index contributed by atoms with van der Waals surface area (Å²) in [5, 5.41) is 2.97. The number of nitrogens with zero attached hydrogens (tertiary/aromatic N) is 2. The van der Waals surface area contributed by atoms with Gasteiger partial charge in [-0.05, 0) is 54.8 Å². The Balaban J connectivity index is 1.63. The molecule has 0 aliphatic carbocycles. The van der Waals surface area contributed by atoms with Crippen LogP contribution in [0.25, 0.3) is 0 Å². The number of rotatable bonds is 5. The standard InChI is InChI=1S/C21H27N3O3S/c1-16-11-17(2)13-20(12-16)22-21(25)19-6-4-5-18(14-19)15-23-7-9-24(10-8-23)28(3,26)27/h4-6,11-14H,7-10,15H2,1-3H3,(H,22,25). The molecule has 0 saturated carbocycles. The maximum absolute atomic E-state index is 12.6. The van der Waals surface area contributed by atoms with E-state index in [1.807, 2.05) is 50.2 Å². The van der Waals surface area contributed by atoms with Crippen molar-refractivity contribution >= 4 is 21.6 Å². The Labute approximate surface area is 167 Å². The van der Waals surface area contributed by atoms with Crippen molar-refractivity contribution in [2.75, 3.05) is 37.8 Å². The van der Waals surface area contributed by atoms with E-state index in [4.69, 9.17) is 0 Å². The zero-order valence-electron chi connectivity index (χ0n) is 16.6. The SMILES string of the molecule is Cc1cc(C)cc(NC(=O)c2cccc(CN3CCN(S(C)(=O)=O)CC3)c2)c1. The van der Waals surface area contributed by atoms with E-state index in [2.05, 4.69) is 16.3 Å². The third kappa shape index (κ3) is 5.41. The normalized spacial score (nSPS) is 16.1. The molecule has 0 unspecified atom stereocenters. The van der Waals surface area contributed by atoms with Crippen LogP contribution in [0.3, 0.4) is 0 Å². The fourth-order valence-corrected chi connectivity index (χ4v) is 4.37. The molecule has 28 heavy (non-hydrogen) atoms. The summed E-state index contributed by atoms with van der Waals surface area (Å²) in [6.45, 7) is 7.09. The van der Waals surface area contributed by atoms with Gasteiger partial charge in [0.05, 0.1) is 6.26 Å². The molecule has 3 rings (SSSR count). The van der Waals surface area contributed by atoms with E-state index in [9.17, 15) is 13.2 Å². The molecule has 0 atom stereocenters. The Morgan fingerprint density at radius 2 is 1.64 bits per heavy atom. The van der Waals surface area contributed by atoms with Gasteiger partial charge >= 0.3 is 0 Å². The predicted molar refractivity (Wildman–Crippen MR) is 112 cm³/mol. The van der Waals surface area contributed by atoms with Gasteiger partial charge in [-0.25, -0.2) is 8.42 Å². The van der Waals surface area contributed by atoms with Gasteiger partial charge in [-0.3, -0.25) is 9.69 Å². The van der Waals surface area contributed by atoms with Gasteiger partial charge in [-0.2, -0.15) is 4.31 Å². The first-order valence-corrected chi connectivity index (χ1v) is 11.2. The van der Waals surface area contributed by atoms with Crippen LogP contribution >= 0.6 is 0 Å². The highest BCUT2D eigenvalue weighted by Crippen LogP contribution is 2.16. The molecule has 0 aromatic heterocycles. The molecule has 1 heterocycles. The first kappa shape index (κ1) is 20.5. The second-order valence-electron chi connectivity index (χ2n) is 7.47. The number of carbonyl (C=O) groups excluding carboxylic acids is 1. The van der Waals surface area contributed by atoms with Crippen molar-refractivity contribution in [3.05, 3.63) is 64.7 Å².